The molecular weight excluding hydrogens is 392 g/mol. The third-order valence-corrected chi connectivity index (χ3v) is 6.86. The number of rotatable bonds is 4. The van der Waals surface area contributed by atoms with Crippen LogP contribution in [0.15, 0.2) is 27.6 Å². The highest BCUT2D eigenvalue weighted by Crippen LogP contribution is 2.40. The number of benzene rings is 1. The molecule has 3 aromatic rings. The molecule has 0 amide bonds. The van der Waals surface area contributed by atoms with Crippen LogP contribution in [0.25, 0.3) is 11.6 Å². The summed E-state index contributed by atoms with van der Waals surface area (Å²) in [4.78, 5) is 3.81. The molecule has 1 fully saturated rings. The van der Waals surface area contributed by atoms with Gasteiger partial charge in [0.1, 0.15) is 16.5 Å². The van der Waals surface area contributed by atoms with Gasteiger partial charge in [-0.25, -0.2) is 17.2 Å². The first-order valence-electron chi connectivity index (χ1n) is 8.68. The Hall–Kier alpha value is -2.66. The first-order chi connectivity index (χ1) is 13.3. The van der Waals surface area contributed by atoms with Crippen LogP contribution in [-0.2, 0) is 30.2 Å². The van der Waals surface area contributed by atoms with Crippen molar-refractivity contribution in [3.8, 4) is 11.6 Å². The standard InChI is InChI=1S/C17H15F2N5O3S/c1-23-13-8-24(28(25,26)14-5-4-10(18)6-12(14)19)7-11(13)15(21-23)17-20-16(22-27-17)9-2-3-9/h4-6,9H,2-3,7-8H2,1H3. The van der Waals surface area contributed by atoms with E-state index in [0.717, 1.165) is 29.3 Å². The molecule has 1 saturated carbocycles. The van der Waals surface area contributed by atoms with E-state index in [0.29, 0.717) is 34.8 Å². The van der Waals surface area contributed by atoms with Gasteiger partial charge in [-0.3, -0.25) is 4.68 Å². The van der Waals surface area contributed by atoms with Gasteiger partial charge in [0.15, 0.2) is 11.5 Å². The first kappa shape index (κ1) is 17.4. The molecule has 0 bridgehead atoms. The van der Waals surface area contributed by atoms with Gasteiger partial charge in [0, 0.05) is 31.1 Å². The van der Waals surface area contributed by atoms with Crippen LogP contribution >= 0.6 is 0 Å². The number of hydrogen-bond acceptors (Lipinski definition) is 6. The number of nitrogens with zero attached hydrogens (tertiary/aromatic N) is 5. The number of sulfonamides is 1. The lowest BCUT2D eigenvalue weighted by Gasteiger charge is -2.16. The van der Waals surface area contributed by atoms with Crippen molar-refractivity contribution >= 4 is 10.0 Å². The summed E-state index contributed by atoms with van der Waals surface area (Å²) in [5, 5.41) is 8.36. The van der Waals surface area contributed by atoms with Gasteiger partial charge >= 0.3 is 0 Å². The maximum absolute atomic E-state index is 14.1. The lowest BCUT2D eigenvalue weighted by Crippen LogP contribution is -2.27. The van der Waals surface area contributed by atoms with Crippen molar-refractivity contribution in [2.24, 2.45) is 7.05 Å². The van der Waals surface area contributed by atoms with Gasteiger partial charge in [-0.2, -0.15) is 14.4 Å². The molecule has 5 rings (SSSR count). The van der Waals surface area contributed by atoms with Crippen LogP contribution in [0.5, 0.6) is 0 Å². The lowest BCUT2D eigenvalue weighted by molar-refractivity contribution is 0.410. The second kappa shape index (κ2) is 5.92. The Kier molecular flexibility index (Phi) is 3.68. The maximum Gasteiger partial charge on any atom is 0.278 e. The number of halogens is 2. The molecule has 1 aliphatic carbocycles. The van der Waals surface area contributed by atoms with Crippen molar-refractivity contribution in [3.63, 3.8) is 0 Å². The van der Waals surface area contributed by atoms with Crippen LogP contribution in [0.2, 0.25) is 0 Å². The molecule has 0 atom stereocenters. The molecule has 0 N–H and O–H groups in total. The molecule has 28 heavy (non-hydrogen) atoms. The smallest absolute Gasteiger partial charge is 0.278 e. The zero-order valence-electron chi connectivity index (χ0n) is 14.8. The Morgan fingerprint density at radius 1 is 1.21 bits per heavy atom. The monoisotopic (exact) mass is 407 g/mol. The fraction of sp³-hybridized carbons (Fsp3) is 0.353. The van der Waals surface area contributed by atoms with Gasteiger partial charge < -0.3 is 4.52 Å². The molecule has 0 saturated heterocycles. The predicted molar refractivity (Wildman–Crippen MR) is 91.3 cm³/mol. The van der Waals surface area contributed by atoms with E-state index in [1.54, 1.807) is 11.7 Å². The zero-order valence-corrected chi connectivity index (χ0v) is 15.6. The third-order valence-electron chi connectivity index (χ3n) is 5.03. The molecule has 1 aromatic carbocycles. The molecule has 0 spiro atoms. The third kappa shape index (κ3) is 2.65. The Bertz CT molecular complexity index is 1200. The summed E-state index contributed by atoms with van der Waals surface area (Å²) >= 11 is 0. The molecule has 0 radical (unpaired) electrons. The van der Waals surface area contributed by atoms with Crippen LogP contribution in [0.4, 0.5) is 8.78 Å². The van der Waals surface area contributed by atoms with Crippen molar-refractivity contribution in [1.29, 1.82) is 0 Å². The minimum atomic E-state index is -4.15. The minimum absolute atomic E-state index is 0.0151. The average molecular weight is 407 g/mol. The number of aromatic nitrogens is 4. The Balaban J connectivity index is 1.49. The Morgan fingerprint density at radius 3 is 2.71 bits per heavy atom. The van der Waals surface area contributed by atoms with Gasteiger partial charge in [0.05, 0.1) is 12.2 Å². The predicted octanol–water partition coefficient (Wildman–Crippen LogP) is 2.33. The highest BCUT2D eigenvalue weighted by Gasteiger charge is 2.38. The molecule has 2 aliphatic rings. The summed E-state index contributed by atoms with van der Waals surface area (Å²) in [7, 11) is -2.46. The summed E-state index contributed by atoms with van der Waals surface area (Å²) < 4.78 is 61.0. The van der Waals surface area contributed by atoms with Gasteiger partial charge in [0.2, 0.25) is 10.0 Å². The molecule has 146 valence electrons. The van der Waals surface area contributed by atoms with E-state index in [1.807, 2.05) is 0 Å². The second-order valence-corrected chi connectivity index (χ2v) is 8.88. The van der Waals surface area contributed by atoms with Crippen molar-refractivity contribution in [3.05, 3.63) is 46.9 Å². The number of fused-ring (bicyclic) bond motifs is 1. The van der Waals surface area contributed by atoms with Crippen molar-refractivity contribution in [1.82, 2.24) is 24.2 Å². The molecule has 2 aromatic heterocycles. The van der Waals surface area contributed by atoms with Gasteiger partial charge in [-0.1, -0.05) is 5.16 Å². The first-order valence-corrected chi connectivity index (χ1v) is 10.1. The van der Waals surface area contributed by atoms with Crippen LogP contribution in [-0.4, -0.2) is 32.6 Å². The quantitative estimate of drug-likeness (QED) is 0.659. The van der Waals surface area contributed by atoms with E-state index >= 15 is 0 Å². The van der Waals surface area contributed by atoms with E-state index in [-0.39, 0.29) is 19.0 Å². The Labute approximate surface area is 158 Å². The molecule has 11 heteroatoms. The van der Waals surface area contributed by atoms with E-state index in [4.69, 9.17) is 4.52 Å². The van der Waals surface area contributed by atoms with Crippen LogP contribution in [0.1, 0.15) is 35.8 Å². The van der Waals surface area contributed by atoms with E-state index in [1.165, 1.54) is 0 Å². The maximum atomic E-state index is 14.1. The van der Waals surface area contributed by atoms with Gasteiger partial charge in [-0.05, 0) is 25.0 Å². The van der Waals surface area contributed by atoms with Gasteiger partial charge in [-0.15, -0.1) is 0 Å². The summed E-state index contributed by atoms with van der Waals surface area (Å²) in [6.45, 7) is 0.000398. The summed E-state index contributed by atoms with van der Waals surface area (Å²) in [5.41, 5.74) is 1.72. The highest BCUT2D eigenvalue weighted by molar-refractivity contribution is 7.89. The zero-order chi connectivity index (χ0) is 19.6. The second-order valence-electron chi connectivity index (χ2n) is 6.98. The van der Waals surface area contributed by atoms with Crippen molar-refractivity contribution in [2.45, 2.75) is 36.7 Å². The Morgan fingerprint density at radius 2 is 2.00 bits per heavy atom. The van der Waals surface area contributed by atoms with Gasteiger partial charge in [0.25, 0.3) is 5.89 Å². The van der Waals surface area contributed by atoms with Crippen LogP contribution in [0.3, 0.4) is 0 Å². The van der Waals surface area contributed by atoms with Crippen LogP contribution < -0.4 is 0 Å². The normalized spacial score (nSPS) is 17.2. The topological polar surface area (TPSA) is 94.1 Å². The van der Waals surface area contributed by atoms with Crippen LogP contribution in [0, 0.1) is 11.6 Å². The molecular formula is C17H15F2N5O3S. The number of aryl methyl sites for hydroxylation is 1. The summed E-state index contributed by atoms with van der Waals surface area (Å²) in [6, 6.07) is 2.41. The van der Waals surface area contributed by atoms with E-state index in [2.05, 4.69) is 15.2 Å². The fourth-order valence-electron chi connectivity index (χ4n) is 3.37. The molecule has 8 nitrogen and oxygen atoms in total. The summed E-state index contributed by atoms with van der Waals surface area (Å²) in [5.74, 6) is -0.778. The average Bonchev–Trinajstić information content (AvgIpc) is 3.09. The van der Waals surface area contributed by atoms with E-state index in [9.17, 15) is 17.2 Å². The SMILES string of the molecule is Cn1nc(-c2nc(C3CC3)no2)c2c1CN(S(=O)(=O)c1ccc(F)cc1F)C2. The molecule has 1 aliphatic heterocycles. The lowest BCUT2D eigenvalue weighted by atomic mass is 10.2. The highest BCUT2D eigenvalue weighted by atomic mass is 32.2. The number of hydrogen-bond donors (Lipinski definition) is 0. The van der Waals surface area contributed by atoms with Crippen molar-refractivity contribution < 1.29 is 21.7 Å². The fourth-order valence-corrected chi connectivity index (χ4v) is 4.78. The minimum Gasteiger partial charge on any atom is -0.332 e. The molecule has 3 heterocycles. The van der Waals surface area contributed by atoms with Crippen molar-refractivity contribution in [2.75, 3.05) is 0 Å². The van der Waals surface area contributed by atoms with E-state index < -0.39 is 26.6 Å². The summed E-state index contributed by atoms with van der Waals surface area (Å²) in [6.07, 6.45) is 2.04. The largest absolute Gasteiger partial charge is 0.332 e. The molecule has 0 unspecified atom stereocenters.